The van der Waals surface area contributed by atoms with Crippen LogP contribution in [0.25, 0.3) is 27.8 Å². The number of hydrogen-bond acceptors (Lipinski definition) is 4. The van der Waals surface area contributed by atoms with Crippen LogP contribution in [-0.4, -0.2) is 10.2 Å². The third-order valence-electron chi connectivity index (χ3n) is 3.58. The highest BCUT2D eigenvalue weighted by Crippen LogP contribution is 2.34. The first-order chi connectivity index (χ1) is 9.22. The van der Waals surface area contributed by atoms with E-state index >= 15 is 0 Å². The SMILES string of the molecule is Nc1cc2nscc2c2cc3c(cc12)C=CC(=O)C3. The van der Waals surface area contributed by atoms with E-state index < -0.39 is 0 Å². The van der Waals surface area contributed by atoms with E-state index in [0.717, 1.165) is 38.5 Å². The Morgan fingerprint density at radius 1 is 1.11 bits per heavy atom. The summed E-state index contributed by atoms with van der Waals surface area (Å²) in [6.07, 6.45) is 3.97. The summed E-state index contributed by atoms with van der Waals surface area (Å²) in [5.41, 5.74) is 9.93. The molecule has 1 aromatic heterocycles. The Bertz CT molecular complexity index is 877. The molecule has 0 amide bonds. The molecule has 0 aliphatic heterocycles. The average Bonchev–Trinajstić information content (AvgIpc) is 2.85. The van der Waals surface area contributed by atoms with Gasteiger partial charge in [0.1, 0.15) is 0 Å². The van der Waals surface area contributed by atoms with Gasteiger partial charge in [0.2, 0.25) is 0 Å². The first kappa shape index (κ1) is 10.7. The molecule has 0 saturated heterocycles. The van der Waals surface area contributed by atoms with Crippen molar-refractivity contribution in [2.75, 3.05) is 5.73 Å². The van der Waals surface area contributed by atoms with Crippen LogP contribution in [0, 0.1) is 0 Å². The minimum Gasteiger partial charge on any atom is -0.398 e. The van der Waals surface area contributed by atoms with Crippen LogP contribution in [0.5, 0.6) is 0 Å². The molecule has 19 heavy (non-hydrogen) atoms. The predicted molar refractivity (Wildman–Crippen MR) is 79.3 cm³/mol. The summed E-state index contributed by atoms with van der Waals surface area (Å²) in [4.78, 5) is 11.5. The van der Waals surface area contributed by atoms with E-state index in [2.05, 4.69) is 16.5 Å². The van der Waals surface area contributed by atoms with Gasteiger partial charge in [-0.2, -0.15) is 4.37 Å². The van der Waals surface area contributed by atoms with Gasteiger partial charge in [0.15, 0.2) is 5.78 Å². The summed E-state index contributed by atoms with van der Waals surface area (Å²) in [6.45, 7) is 0. The molecule has 0 spiro atoms. The Labute approximate surface area is 113 Å². The molecule has 0 bridgehead atoms. The number of aromatic nitrogens is 1. The molecule has 0 unspecified atom stereocenters. The van der Waals surface area contributed by atoms with Gasteiger partial charge in [-0.15, -0.1) is 0 Å². The van der Waals surface area contributed by atoms with Gasteiger partial charge in [0, 0.05) is 28.3 Å². The van der Waals surface area contributed by atoms with Gasteiger partial charge in [-0.3, -0.25) is 4.79 Å². The van der Waals surface area contributed by atoms with E-state index in [1.807, 2.05) is 17.5 Å². The molecule has 4 rings (SSSR count). The minimum atomic E-state index is 0.149. The smallest absolute Gasteiger partial charge is 0.160 e. The van der Waals surface area contributed by atoms with Gasteiger partial charge in [0.25, 0.3) is 0 Å². The molecule has 1 heterocycles. The molecule has 0 radical (unpaired) electrons. The lowest BCUT2D eigenvalue weighted by atomic mass is 9.92. The highest BCUT2D eigenvalue weighted by Gasteiger charge is 2.14. The molecule has 1 aliphatic rings. The van der Waals surface area contributed by atoms with Crippen LogP contribution in [0.4, 0.5) is 5.69 Å². The maximum atomic E-state index is 11.5. The summed E-state index contributed by atoms with van der Waals surface area (Å²) >= 11 is 1.43. The highest BCUT2D eigenvalue weighted by atomic mass is 32.1. The Kier molecular flexibility index (Phi) is 2.05. The van der Waals surface area contributed by atoms with Crippen LogP contribution in [0.15, 0.2) is 29.7 Å². The number of anilines is 1. The van der Waals surface area contributed by atoms with Crippen molar-refractivity contribution in [1.29, 1.82) is 0 Å². The maximum absolute atomic E-state index is 11.5. The van der Waals surface area contributed by atoms with Crippen molar-refractivity contribution < 1.29 is 4.79 Å². The first-order valence-corrected chi connectivity index (χ1v) is 6.86. The average molecular weight is 266 g/mol. The molecule has 2 aromatic carbocycles. The molecular weight excluding hydrogens is 256 g/mol. The normalized spacial score (nSPS) is 14.2. The van der Waals surface area contributed by atoms with Crippen LogP contribution in [-0.2, 0) is 11.2 Å². The van der Waals surface area contributed by atoms with Crippen LogP contribution in [0.1, 0.15) is 11.1 Å². The zero-order chi connectivity index (χ0) is 13.0. The third kappa shape index (κ3) is 1.50. The number of hydrogen-bond donors (Lipinski definition) is 1. The van der Waals surface area contributed by atoms with E-state index in [9.17, 15) is 4.79 Å². The molecule has 92 valence electrons. The summed E-state index contributed by atoms with van der Waals surface area (Å²) in [5, 5.41) is 5.26. The Hall–Kier alpha value is -2.20. The molecule has 3 aromatic rings. The van der Waals surface area contributed by atoms with E-state index in [1.165, 1.54) is 11.5 Å². The van der Waals surface area contributed by atoms with Crippen LogP contribution >= 0.6 is 11.5 Å². The van der Waals surface area contributed by atoms with Crippen molar-refractivity contribution in [3.05, 3.63) is 40.8 Å². The highest BCUT2D eigenvalue weighted by molar-refractivity contribution is 7.05. The predicted octanol–water partition coefficient (Wildman–Crippen LogP) is 3.17. The number of carbonyl (C=O) groups excluding carboxylic acids is 1. The van der Waals surface area contributed by atoms with Crippen LogP contribution in [0.3, 0.4) is 0 Å². The number of allylic oxidation sites excluding steroid dienone is 1. The van der Waals surface area contributed by atoms with E-state index in [0.29, 0.717) is 6.42 Å². The second kappa shape index (κ2) is 3.65. The fraction of sp³-hybridized carbons (Fsp3) is 0.0667. The number of benzene rings is 2. The molecule has 0 atom stereocenters. The largest absolute Gasteiger partial charge is 0.398 e. The maximum Gasteiger partial charge on any atom is 0.160 e. The number of nitrogen functional groups attached to an aromatic ring is 1. The second-order valence-electron chi connectivity index (χ2n) is 4.79. The number of rotatable bonds is 0. The fourth-order valence-electron chi connectivity index (χ4n) is 2.64. The molecule has 0 fully saturated rings. The zero-order valence-corrected chi connectivity index (χ0v) is 10.8. The number of fused-ring (bicyclic) bond motifs is 4. The van der Waals surface area contributed by atoms with Gasteiger partial charge in [-0.05, 0) is 52.3 Å². The van der Waals surface area contributed by atoms with Crippen molar-refractivity contribution in [3.8, 4) is 0 Å². The lowest BCUT2D eigenvalue weighted by Gasteiger charge is -2.13. The van der Waals surface area contributed by atoms with E-state index in [4.69, 9.17) is 5.73 Å². The molecule has 2 N–H and O–H groups in total. The van der Waals surface area contributed by atoms with Crippen LogP contribution < -0.4 is 5.73 Å². The molecule has 3 nitrogen and oxygen atoms in total. The lowest BCUT2D eigenvalue weighted by Crippen LogP contribution is -2.05. The second-order valence-corrected chi connectivity index (χ2v) is 5.42. The molecular formula is C15H10N2OS. The van der Waals surface area contributed by atoms with Gasteiger partial charge in [0.05, 0.1) is 5.52 Å². The molecule has 1 aliphatic carbocycles. The summed E-state index contributed by atoms with van der Waals surface area (Å²) < 4.78 is 4.34. The number of nitrogens with two attached hydrogens (primary N) is 1. The van der Waals surface area contributed by atoms with Gasteiger partial charge >= 0.3 is 0 Å². The third-order valence-corrected chi connectivity index (χ3v) is 4.23. The first-order valence-electron chi connectivity index (χ1n) is 6.02. The summed E-state index contributed by atoms with van der Waals surface area (Å²) in [7, 11) is 0. The van der Waals surface area contributed by atoms with Gasteiger partial charge in [-0.25, -0.2) is 0 Å². The number of nitrogens with zero attached hydrogens (tertiary/aromatic N) is 1. The molecule has 4 heteroatoms. The Balaban J connectivity index is 2.17. The zero-order valence-electron chi connectivity index (χ0n) is 10.0. The standard InChI is InChI=1S/C15H10N2OS/c16-14-6-15-13(7-19-17-15)11-5-9-3-10(18)2-1-8(9)4-12(11)14/h1-2,4-7H,3,16H2. The fourth-order valence-corrected chi connectivity index (χ4v) is 3.31. The van der Waals surface area contributed by atoms with Crippen molar-refractivity contribution in [3.63, 3.8) is 0 Å². The van der Waals surface area contributed by atoms with E-state index in [1.54, 1.807) is 6.08 Å². The lowest BCUT2D eigenvalue weighted by molar-refractivity contribution is -0.114. The van der Waals surface area contributed by atoms with Crippen molar-refractivity contribution >= 4 is 50.8 Å². The minimum absolute atomic E-state index is 0.149. The molecule has 0 saturated carbocycles. The summed E-state index contributed by atoms with van der Waals surface area (Å²) in [5.74, 6) is 0.149. The van der Waals surface area contributed by atoms with Gasteiger partial charge < -0.3 is 5.73 Å². The number of carbonyl (C=O) groups is 1. The van der Waals surface area contributed by atoms with Crippen LogP contribution in [0.2, 0.25) is 0 Å². The van der Waals surface area contributed by atoms with Crippen molar-refractivity contribution in [1.82, 2.24) is 4.37 Å². The topological polar surface area (TPSA) is 56.0 Å². The van der Waals surface area contributed by atoms with Crippen molar-refractivity contribution in [2.45, 2.75) is 6.42 Å². The van der Waals surface area contributed by atoms with E-state index in [-0.39, 0.29) is 5.78 Å². The van der Waals surface area contributed by atoms with Gasteiger partial charge in [-0.1, -0.05) is 6.08 Å². The quantitative estimate of drug-likeness (QED) is 0.636. The van der Waals surface area contributed by atoms with Crippen molar-refractivity contribution in [2.24, 2.45) is 0 Å². The Morgan fingerprint density at radius 3 is 2.89 bits per heavy atom. The monoisotopic (exact) mass is 266 g/mol. The summed E-state index contributed by atoms with van der Waals surface area (Å²) in [6, 6.07) is 6.07. The Morgan fingerprint density at radius 2 is 2.00 bits per heavy atom. The number of ketones is 1.